The van der Waals surface area contributed by atoms with Gasteiger partial charge in [-0.2, -0.15) is 0 Å². The zero-order valence-corrected chi connectivity index (χ0v) is 10.2. The highest BCUT2D eigenvalue weighted by molar-refractivity contribution is 5.93. The second-order valence-corrected chi connectivity index (χ2v) is 4.41. The Labute approximate surface area is 101 Å². The Morgan fingerprint density at radius 1 is 1.47 bits per heavy atom. The summed E-state index contributed by atoms with van der Waals surface area (Å²) in [5, 5.41) is 6.03. The lowest BCUT2D eigenvalue weighted by Gasteiger charge is -2.11. The predicted octanol–water partition coefficient (Wildman–Crippen LogP) is 1.69. The maximum Gasteiger partial charge on any atom is 0.238 e. The van der Waals surface area contributed by atoms with Crippen molar-refractivity contribution < 1.29 is 9.53 Å². The lowest BCUT2D eigenvalue weighted by atomic mass is 10.2. The van der Waals surface area contributed by atoms with Crippen molar-refractivity contribution in [3.05, 3.63) is 23.8 Å². The van der Waals surface area contributed by atoms with Crippen LogP contribution in [0.1, 0.15) is 18.4 Å². The van der Waals surface area contributed by atoms with Crippen LogP contribution in [0.4, 0.5) is 5.69 Å². The van der Waals surface area contributed by atoms with Crippen molar-refractivity contribution in [2.75, 3.05) is 19.0 Å². The minimum atomic E-state index is -0.0270. The molecule has 1 fully saturated rings. The van der Waals surface area contributed by atoms with Gasteiger partial charge < -0.3 is 15.4 Å². The van der Waals surface area contributed by atoms with E-state index in [1.54, 1.807) is 7.11 Å². The van der Waals surface area contributed by atoms with Gasteiger partial charge in [-0.25, -0.2) is 0 Å². The monoisotopic (exact) mass is 234 g/mol. The van der Waals surface area contributed by atoms with Crippen LogP contribution in [-0.4, -0.2) is 25.6 Å². The number of benzene rings is 1. The molecule has 4 heteroatoms. The molecule has 0 saturated heterocycles. The third-order valence-electron chi connectivity index (χ3n) is 2.76. The average Bonchev–Trinajstić information content (AvgIpc) is 3.10. The molecule has 0 aliphatic heterocycles. The first-order chi connectivity index (χ1) is 8.19. The molecule has 2 rings (SSSR count). The minimum absolute atomic E-state index is 0.0270. The van der Waals surface area contributed by atoms with Crippen LogP contribution in [0.15, 0.2) is 18.2 Å². The van der Waals surface area contributed by atoms with Gasteiger partial charge in [-0.05, 0) is 37.5 Å². The number of methoxy groups -OCH3 is 1. The van der Waals surface area contributed by atoms with E-state index in [1.165, 1.54) is 12.8 Å². The van der Waals surface area contributed by atoms with Crippen molar-refractivity contribution in [3.8, 4) is 5.75 Å². The predicted molar refractivity (Wildman–Crippen MR) is 67.4 cm³/mol. The first kappa shape index (κ1) is 11.9. The van der Waals surface area contributed by atoms with Crippen molar-refractivity contribution in [1.29, 1.82) is 0 Å². The SMILES string of the molecule is COc1ccc(C)cc1NC(=O)CNC1CC1. The van der Waals surface area contributed by atoms with Crippen LogP contribution in [0.2, 0.25) is 0 Å². The van der Waals surface area contributed by atoms with Crippen molar-refractivity contribution >= 4 is 11.6 Å². The number of carbonyl (C=O) groups excluding carboxylic acids is 1. The van der Waals surface area contributed by atoms with E-state index in [2.05, 4.69) is 10.6 Å². The molecule has 1 aliphatic rings. The lowest BCUT2D eigenvalue weighted by molar-refractivity contribution is -0.115. The van der Waals surface area contributed by atoms with Crippen LogP contribution in [0.25, 0.3) is 0 Å². The summed E-state index contributed by atoms with van der Waals surface area (Å²) in [4.78, 5) is 11.7. The number of rotatable bonds is 5. The van der Waals surface area contributed by atoms with Crippen LogP contribution in [0, 0.1) is 6.92 Å². The van der Waals surface area contributed by atoms with Gasteiger partial charge in [0, 0.05) is 6.04 Å². The molecule has 0 spiro atoms. The molecule has 0 bridgehead atoms. The molecule has 1 aromatic rings. The number of anilines is 1. The summed E-state index contributed by atoms with van der Waals surface area (Å²) >= 11 is 0. The zero-order valence-electron chi connectivity index (χ0n) is 10.2. The highest BCUT2D eigenvalue weighted by Crippen LogP contribution is 2.25. The van der Waals surface area contributed by atoms with Gasteiger partial charge in [0.15, 0.2) is 0 Å². The average molecular weight is 234 g/mol. The van der Waals surface area contributed by atoms with E-state index < -0.39 is 0 Å². The molecular weight excluding hydrogens is 216 g/mol. The fourth-order valence-electron chi connectivity index (χ4n) is 1.64. The molecule has 4 nitrogen and oxygen atoms in total. The van der Waals surface area contributed by atoms with Crippen molar-refractivity contribution in [3.63, 3.8) is 0 Å². The summed E-state index contributed by atoms with van der Waals surface area (Å²) < 4.78 is 5.20. The van der Waals surface area contributed by atoms with Crippen LogP contribution in [0.3, 0.4) is 0 Å². The molecule has 0 aromatic heterocycles. The Morgan fingerprint density at radius 3 is 2.88 bits per heavy atom. The molecule has 17 heavy (non-hydrogen) atoms. The molecule has 0 unspecified atom stereocenters. The zero-order chi connectivity index (χ0) is 12.3. The molecule has 1 saturated carbocycles. The Kier molecular flexibility index (Phi) is 3.64. The van der Waals surface area contributed by atoms with Gasteiger partial charge in [0.25, 0.3) is 0 Å². The summed E-state index contributed by atoms with van der Waals surface area (Å²) in [5.74, 6) is 0.663. The van der Waals surface area contributed by atoms with Crippen LogP contribution in [0.5, 0.6) is 5.75 Å². The fourth-order valence-corrected chi connectivity index (χ4v) is 1.64. The van der Waals surface area contributed by atoms with E-state index in [-0.39, 0.29) is 5.91 Å². The summed E-state index contributed by atoms with van der Waals surface area (Å²) in [5.41, 5.74) is 1.83. The standard InChI is InChI=1S/C13H18N2O2/c1-9-3-6-12(17-2)11(7-9)15-13(16)8-14-10-4-5-10/h3,6-7,10,14H,4-5,8H2,1-2H3,(H,15,16). The van der Waals surface area contributed by atoms with Crippen molar-refractivity contribution in [2.45, 2.75) is 25.8 Å². The van der Waals surface area contributed by atoms with Crippen LogP contribution in [-0.2, 0) is 4.79 Å². The molecule has 1 amide bonds. The number of ether oxygens (including phenoxy) is 1. The third-order valence-corrected chi connectivity index (χ3v) is 2.76. The first-order valence-electron chi connectivity index (χ1n) is 5.87. The number of nitrogens with one attached hydrogen (secondary N) is 2. The second-order valence-electron chi connectivity index (χ2n) is 4.41. The summed E-state index contributed by atoms with van der Waals surface area (Å²) in [7, 11) is 1.60. The smallest absolute Gasteiger partial charge is 0.238 e. The van der Waals surface area contributed by atoms with Gasteiger partial charge in [0.05, 0.1) is 19.3 Å². The van der Waals surface area contributed by atoms with Gasteiger partial charge >= 0.3 is 0 Å². The normalized spacial score (nSPS) is 14.5. The number of amides is 1. The largest absolute Gasteiger partial charge is 0.495 e. The van der Waals surface area contributed by atoms with E-state index in [0.717, 1.165) is 11.3 Å². The van der Waals surface area contributed by atoms with Gasteiger partial charge in [-0.15, -0.1) is 0 Å². The van der Waals surface area contributed by atoms with Gasteiger partial charge in [0.1, 0.15) is 5.75 Å². The molecule has 0 radical (unpaired) electrons. The summed E-state index contributed by atoms with van der Waals surface area (Å²) in [6.07, 6.45) is 2.36. The summed E-state index contributed by atoms with van der Waals surface area (Å²) in [6.45, 7) is 2.35. The molecule has 2 N–H and O–H groups in total. The lowest BCUT2D eigenvalue weighted by Crippen LogP contribution is -2.29. The maximum atomic E-state index is 11.7. The minimum Gasteiger partial charge on any atom is -0.495 e. The van der Waals surface area contributed by atoms with Gasteiger partial charge in [-0.3, -0.25) is 4.79 Å². The van der Waals surface area contributed by atoms with E-state index in [9.17, 15) is 4.79 Å². The van der Waals surface area contributed by atoms with Crippen molar-refractivity contribution in [1.82, 2.24) is 5.32 Å². The Hall–Kier alpha value is -1.55. The first-order valence-corrected chi connectivity index (χ1v) is 5.87. The highest BCUT2D eigenvalue weighted by Gasteiger charge is 2.21. The third kappa shape index (κ3) is 3.46. The van der Waals surface area contributed by atoms with Crippen molar-refractivity contribution in [2.24, 2.45) is 0 Å². The number of carbonyl (C=O) groups is 1. The molecule has 0 heterocycles. The molecular formula is C13H18N2O2. The summed E-state index contributed by atoms with van der Waals surface area (Å²) in [6, 6.07) is 6.27. The quantitative estimate of drug-likeness (QED) is 0.815. The maximum absolute atomic E-state index is 11.7. The highest BCUT2D eigenvalue weighted by atomic mass is 16.5. The van der Waals surface area contributed by atoms with Crippen LogP contribution >= 0.6 is 0 Å². The van der Waals surface area contributed by atoms with E-state index in [0.29, 0.717) is 18.3 Å². The molecule has 1 aliphatic carbocycles. The Morgan fingerprint density at radius 2 is 2.24 bits per heavy atom. The Bertz CT molecular complexity index is 414. The van der Waals surface area contributed by atoms with E-state index in [1.807, 2.05) is 25.1 Å². The molecule has 92 valence electrons. The van der Waals surface area contributed by atoms with E-state index >= 15 is 0 Å². The van der Waals surface area contributed by atoms with Gasteiger partial charge in [-0.1, -0.05) is 6.07 Å². The van der Waals surface area contributed by atoms with Crippen LogP contribution < -0.4 is 15.4 Å². The number of hydrogen-bond donors (Lipinski definition) is 2. The number of aryl methyl sites for hydroxylation is 1. The number of hydrogen-bond acceptors (Lipinski definition) is 3. The van der Waals surface area contributed by atoms with Gasteiger partial charge in [0.2, 0.25) is 5.91 Å². The fraction of sp³-hybridized carbons (Fsp3) is 0.462. The molecule has 0 atom stereocenters. The van der Waals surface area contributed by atoms with E-state index in [4.69, 9.17) is 4.74 Å². The second kappa shape index (κ2) is 5.19. The Balaban J connectivity index is 1.95. The topological polar surface area (TPSA) is 50.4 Å². The molecule has 1 aromatic carbocycles.